The van der Waals surface area contributed by atoms with Crippen molar-refractivity contribution in [3.63, 3.8) is 0 Å². The Kier molecular flexibility index (Phi) is 24.1. The minimum absolute atomic E-state index is 0.0211. The second-order valence-electron chi connectivity index (χ2n) is 9.48. The average molecular weight is 576 g/mol. The molecule has 4 amide bonds. The van der Waals surface area contributed by atoms with E-state index in [-0.39, 0.29) is 82.5 Å². The van der Waals surface area contributed by atoms with Gasteiger partial charge in [0.1, 0.15) is 0 Å². The average Bonchev–Trinajstić information content (AvgIpc) is 2.94. The van der Waals surface area contributed by atoms with Crippen LogP contribution in [-0.2, 0) is 33.4 Å². The van der Waals surface area contributed by atoms with Gasteiger partial charge in [-0.05, 0) is 39.4 Å². The maximum absolute atomic E-state index is 12.0. The van der Waals surface area contributed by atoms with E-state index in [2.05, 4.69) is 26.6 Å². The second kappa shape index (κ2) is 25.6. The van der Waals surface area contributed by atoms with Crippen molar-refractivity contribution in [3.05, 3.63) is 0 Å². The van der Waals surface area contributed by atoms with Crippen molar-refractivity contribution in [2.24, 2.45) is 11.5 Å². The van der Waals surface area contributed by atoms with Crippen LogP contribution >= 0.6 is 0 Å². The molecular weight excluding hydrogens is 522 g/mol. The lowest BCUT2D eigenvalue weighted by molar-refractivity contribution is -0.123. The molecule has 9 N–H and O–H groups in total. The number of rotatable bonds is 27. The Balaban J connectivity index is 4.43. The number of carbonyl (C=O) groups excluding carboxylic acids is 4. The molecule has 0 aromatic carbocycles. The van der Waals surface area contributed by atoms with E-state index in [1.165, 1.54) is 0 Å². The second-order valence-corrected chi connectivity index (χ2v) is 9.48. The summed E-state index contributed by atoms with van der Waals surface area (Å²) in [7, 11) is 1.86. The first-order chi connectivity index (χ1) is 19.3. The molecule has 234 valence electrons. The molecule has 0 aromatic heterocycles. The summed E-state index contributed by atoms with van der Waals surface area (Å²) in [6.45, 7) is 5.86. The van der Waals surface area contributed by atoms with Gasteiger partial charge >= 0.3 is 0 Å². The van der Waals surface area contributed by atoms with Gasteiger partial charge in [-0.1, -0.05) is 6.92 Å². The molecular formula is C26H53N7O7. The van der Waals surface area contributed by atoms with E-state index in [1.807, 2.05) is 7.05 Å². The molecule has 0 bridgehead atoms. The predicted octanol–water partition coefficient (Wildman–Crippen LogP) is -1.87. The zero-order valence-corrected chi connectivity index (χ0v) is 24.4. The van der Waals surface area contributed by atoms with Crippen molar-refractivity contribution in [2.45, 2.75) is 57.4 Å². The van der Waals surface area contributed by atoms with Crippen LogP contribution in [0.2, 0.25) is 0 Å². The van der Waals surface area contributed by atoms with E-state index < -0.39 is 5.54 Å². The van der Waals surface area contributed by atoms with Gasteiger partial charge in [0.15, 0.2) is 0 Å². The Morgan fingerprint density at radius 1 is 0.625 bits per heavy atom. The molecule has 0 spiro atoms. The molecule has 0 aliphatic heterocycles. The fourth-order valence-electron chi connectivity index (χ4n) is 3.20. The summed E-state index contributed by atoms with van der Waals surface area (Å²) in [5, 5.41) is 14.1. The lowest BCUT2D eigenvalue weighted by Crippen LogP contribution is -2.53. The van der Waals surface area contributed by atoms with E-state index in [0.717, 1.165) is 13.0 Å². The summed E-state index contributed by atoms with van der Waals surface area (Å²) < 4.78 is 17.0. The third-order valence-corrected chi connectivity index (χ3v) is 5.54. The van der Waals surface area contributed by atoms with Crippen molar-refractivity contribution in [3.8, 4) is 0 Å². The van der Waals surface area contributed by atoms with Crippen LogP contribution in [0.5, 0.6) is 0 Å². The maximum atomic E-state index is 12.0. The molecule has 1 atom stereocenters. The molecule has 0 saturated heterocycles. The van der Waals surface area contributed by atoms with Crippen LogP contribution in [0, 0.1) is 0 Å². The van der Waals surface area contributed by atoms with Gasteiger partial charge < -0.3 is 52.3 Å². The van der Waals surface area contributed by atoms with Crippen molar-refractivity contribution >= 4 is 23.6 Å². The largest absolute Gasteiger partial charge is 0.379 e. The first-order valence-corrected chi connectivity index (χ1v) is 14.2. The van der Waals surface area contributed by atoms with E-state index in [0.29, 0.717) is 52.0 Å². The number of amides is 4. The summed E-state index contributed by atoms with van der Waals surface area (Å²) in [5.41, 5.74) is 10.9. The first kappa shape index (κ1) is 37.6. The Hall–Kier alpha value is -2.36. The summed E-state index contributed by atoms with van der Waals surface area (Å²) in [5.74, 6) is -0.431. The third-order valence-electron chi connectivity index (χ3n) is 5.54. The fraction of sp³-hybridized carbons (Fsp3) is 0.846. The zero-order valence-electron chi connectivity index (χ0n) is 24.4. The monoisotopic (exact) mass is 575 g/mol. The number of carbonyl (C=O) groups is 4. The molecule has 0 heterocycles. The van der Waals surface area contributed by atoms with Crippen LogP contribution in [0.15, 0.2) is 0 Å². The Labute approximate surface area is 238 Å². The molecule has 14 nitrogen and oxygen atoms in total. The van der Waals surface area contributed by atoms with Gasteiger partial charge in [-0.15, -0.1) is 0 Å². The molecule has 14 heteroatoms. The topological polar surface area (TPSA) is 208 Å². The van der Waals surface area contributed by atoms with Gasteiger partial charge in [0.2, 0.25) is 23.6 Å². The van der Waals surface area contributed by atoms with Crippen LogP contribution in [0.3, 0.4) is 0 Å². The lowest BCUT2D eigenvalue weighted by atomic mass is 10.1. The van der Waals surface area contributed by atoms with Gasteiger partial charge in [0.05, 0.1) is 45.2 Å². The molecule has 0 aromatic rings. The standard InChI is InChI=1S/C26H53N7O7/c1-3-22(34)30-14-6-15-33-25(37)9-18-40-21-26(28,19-38-16-7-23(35)31-12-4-10-27)20-39-17-8-24(36)32-13-5-11-29-2/h29H,3-21,27-28H2,1-2H3,(H,30,34)(H,31,35)(H,32,36)(H,33,37). The van der Waals surface area contributed by atoms with Gasteiger partial charge in [-0.3, -0.25) is 19.2 Å². The minimum Gasteiger partial charge on any atom is -0.379 e. The van der Waals surface area contributed by atoms with E-state index in [4.69, 9.17) is 25.7 Å². The van der Waals surface area contributed by atoms with E-state index in [1.54, 1.807) is 6.92 Å². The normalized spacial score (nSPS) is 12.4. The van der Waals surface area contributed by atoms with Crippen LogP contribution < -0.4 is 38.1 Å². The zero-order chi connectivity index (χ0) is 29.9. The summed E-state index contributed by atoms with van der Waals surface area (Å²) in [4.78, 5) is 47.0. The number of nitrogens with two attached hydrogens (primary N) is 2. The molecule has 0 saturated carbocycles. The molecule has 0 aliphatic carbocycles. The molecule has 1 unspecified atom stereocenters. The van der Waals surface area contributed by atoms with Gasteiger partial charge in [0.25, 0.3) is 0 Å². The fourth-order valence-corrected chi connectivity index (χ4v) is 3.20. The van der Waals surface area contributed by atoms with Crippen molar-refractivity contribution in [1.29, 1.82) is 0 Å². The van der Waals surface area contributed by atoms with E-state index in [9.17, 15) is 19.2 Å². The molecule has 0 rings (SSSR count). The highest BCUT2D eigenvalue weighted by Gasteiger charge is 2.27. The molecule has 0 radical (unpaired) electrons. The highest BCUT2D eigenvalue weighted by Crippen LogP contribution is 2.06. The molecule has 0 fully saturated rings. The number of hydrogen-bond acceptors (Lipinski definition) is 10. The van der Waals surface area contributed by atoms with Gasteiger partial charge in [0, 0.05) is 51.9 Å². The van der Waals surface area contributed by atoms with Crippen LogP contribution in [0.25, 0.3) is 0 Å². The smallest absolute Gasteiger partial charge is 0.222 e. The number of ether oxygens (including phenoxy) is 3. The quantitative estimate of drug-likeness (QED) is 0.0543. The number of hydrogen-bond donors (Lipinski definition) is 7. The third kappa shape index (κ3) is 23.5. The highest BCUT2D eigenvalue weighted by atomic mass is 16.5. The molecule has 40 heavy (non-hydrogen) atoms. The maximum Gasteiger partial charge on any atom is 0.222 e. The van der Waals surface area contributed by atoms with E-state index >= 15 is 0 Å². The molecule has 0 aliphatic rings. The SMILES string of the molecule is CCC(=O)NCCCNC(=O)CCOCC(N)(COCCC(=O)NCCCN)COCCC(=O)NCCCNC. The van der Waals surface area contributed by atoms with Gasteiger partial charge in [-0.2, -0.15) is 0 Å². The predicted molar refractivity (Wildman–Crippen MR) is 152 cm³/mol. The summed E-state index contributed by atoms with van der Waals surface area (Å²) >= 11 is 0. The van der Waals surface area contributed by atoms with Crippen LogP contribution in [0.1, 0.15) is 51.9 Å². The summed E-state index contributed by atoms with van der Waals surface area (Å²) in [6.07, 6.45) is 3.13. The Morgan fingerprint density at radius 3 is 1.38 bits per heavy atom. The Morgan fingerprint density at radius 2 is 1.00 bits per heavy atom. The highest BCUT2D eigenvalue weighted by molar-refractivity contribution is 5.77. The van der Waals surface area contributed by atoms with Crippen molar-refractivity contribution in [2.75, 3.05) is 86.0 Å². The lowest BCUT2D eigenvalue weighted by Gasteiger charge is -2.29. The first-order valence-electron chi connectivity index (χ1n) is 14.2. The van der Waals surface area contributed by atoms with Crippen LogP contribution in [0.4, 0.5) is 0 Å². The Bertz CT molecular complexity index is 700. The summed E-state index contributed by atoms with van der Waals surface area (Å²) in [6, 6.07) is 0. The van der Waals surface area contributed by atoms with Crippen LogP contribution in [-0.4, -0.2) is 115 Å². The van der Waals surface area contributed by atoms with Gasteiger partial charge in [-0.25, -0.2) is 0 Å². The van der Waals surface area contributed by atoms with Crippen molar-refractivity contribution in [1.82, 2.24) is 26.6 Å². The number of nitrogens with one attached hydrogen (secondary N) is 5. The minimum atomic E-state index is -1.03. The van der Waals surface area contributed by atoms with Crippen molar-refractivity contribution < 1.29 is 33.4 Å².